The highest BCUT2D eigenvalue weighted by atomic mass is 16.3. The molecule has 0 aliphatic carbocycles. The number of aromatic nitrogens is 2. The van der Waals surface area contributed by atoms with Crippen LogP contribution in [0.2, 0.25) is 0 Å². The minimum absolute atomic E-state index is 0.388. The van der Waals surface area contributed by atoms with Gasteiger partial charge < -0.3 is 5.11 Å². The molecule has 1 aromatic heterocycles. The highest BCUT2D eigenvalue weighted by Crippen LogP contribution is 2.29. The van der Waals surface area contributed by atoms with Gasteiger partial charge >= 0.3 is 0 Å². The molecule has 0 fully saturated rings. The maximum atomic E-state index is 9.86. The monoisotopic (exact) mass is 190 g/mol. The van der Waals surface area contributed by atoms with Gasteiger partial charge in [0.2, 0.25) is 0 Å². The molecule has 1 aromatic carbocycles. The van der Waals surface area contributed by atoms with E-state index in [1.54, 1.807) is 4.68 Å². The van der Waals surface area contributed by atoms with Crippen LogP contribution >= 0.6 is 0 Å². The number of fused-ring (bicyclic) bond motifs is 1. The summed E-state index contributed by atoms with van der Waals surface area (Å²) < 4.78 is 1.77. The predicted molar refractivity (Wildman–Crippen MR) is 56.5 cm³/mol. The van der Waals surface area contributed by atoms with Crippen LogP contribution in [0.5, 0.6) is 5.75 Å². The smallest absolute Gasteiger partial charge is 0.123 e. The van der Waals surface area contributed by atoms with Crippen molar-refractivity contribution in [3.05, 3.63) is 23.4 Å². The van der Waals surface area contributed by atoms with Crippen molar-refractivity contribution >= 4 is 10.9 Å². The Hall–Kier alpha value is -1.51. The second-order valence-corrected chi connectivity index (χ2v) is 3.60. The molecule has 0 unspecified atom stereocenters. The van der Waals surface area contributed by atoms with Crippen molar-refractivity contribution in [1.82, 2.24) is 9.78 Å². The van der Waals surface area contributed by atoms with Gasteiger partial charge in [-0.2, -0.15) is 5.10 Å². The predicted octanol–water partition coefficient (Wildman–Crippen LogP) is 2.15. The third-order valence-electron chi connectivity index (χ3n) is 2.58. The van der Waals surface area contributed by atoms with E-state index in [0.29, 0.717) is 5.75 Å². The lowest BCUT2D eigenvalue weighted by Gasteiger charge is -2.04. The van der Waals surface area contributed by atoms with Crippen LogP contribution < -0.4 is 0 Å². The second kappa shape index (κ2) is 3.01. The fourth-order valence-electron chi connectivity index (χ4n) is 1.78. The van der Waals surface area contributed by atoms with Gasteiger partial charge in [0.1, 0.15) is 5.75 Å². The van der Waals surface area contributed by atoms with Crippen LogP contribution in [0.25, 0.3) is 10.9 Å². The number of rotatable bonds is 1. The van der Waals surface area contributed by atoms with Gasteiger partial charge in [0.05, 0.1) is 5.52 Å². The number of aromatic hydroxyl groups is 1. The number of benzene rings is 1. The van der Waals surface area contributed by atoms with Crippen LogP contribution in [0.1, 0.15) is 18.1 Å². The first-order valence-electron chi connectivity index (χ1n) is 4.78. The van der Waals surface area contributed by atoms with Crippen molar-refractivity contribution in [2.24, 2.45) is 7.05 Å². The normalized spacial score (nSPS) is 11.1. The van der Waals surface area contributed by atoms with Crippen molar-refractivity contribution < 1.29 is 5.11 Å². The number of phenols is 1. The summed E-state index contributed by atoms with van der Waals surface area (Å²) in [6.45, 7) is 3.94. The molecule has 0 aliphatic heterocycles. The van der Waals surface area contributed by atoms with Gasteiger partial charge in [-0.3, -0.25) is 4.68 Å². The maximum absolute atomic E-state index is 9.86. The second-order valence-electron chi connectivity index (χ2n) is 3.60. The molecule has 0 aliphatic rings. The molecule has 0 saturated heterocycles. The molecule has 0 spiro atoms. The van der Waals surface area contributed by atoms with Gasteiger partial charge in [-0.1, -0.05) is 6.92 Å². The van der Waals surface area contributed by atoms with Gasteiger partial charge in [0, 0.05) is 24.2 Å². The number of aryl methyl sites for hydroxylation is 3. The molecule has 2 rings (SSSR count). The highest BCUT2D eigenvalue weighted by Gasteiger charge is 2.10. The Morgan fingerprint density at radius 2 is 2.21 bits per heavy atom. The molecule has 0 saturated carbocycles. The summed E-state index contributed by atoms with van der Waals surface area (Å²) in [6, 6.07) is 2.00. The Labute approximate surface area is 83.0 Å². The third kappa shape index (κ3) is 1.16. The molecule has 1 N–H and O–H groups in total. The first kappa shape index (κ1) is 9.06. The Balaban J connectivity index is 2.84. The number of hydrogen-bond donors (Lipinski definition) is 1. The molecular formula is C11H14N2O. The summed E-state index contributed by atoms with van der Waals surface area (Å²) in [5.41, 5.74) is 2.75. The summed E-state index contributed by atoms with van der Waals surface area (Å²) in [5, 5.41) is 15.3. The minimum Gasteiger partial charge on any atom is -0.507 e. The molecule has 1 heterocycles. The first-order chi connectivity index (χ1) is 6.63. The van der Waals surface area contributed by atoms with E-state index >= 15 is 0 Å². The minimum atomic E-state index is 0.388. The van der Waals surface area contributed by atoms with Crippen molar-refractivity contribution in [2.75, 3.05) is 0 Å². The van der Waals surface area contributed by atoms with E-state index in [1.165, 1.54) is 0 Å². The van der Waals surface area contributed by atoms with Crippen LogP contribution in [0.3, 0.4) is 0 Å². The van der Waals surface area contributed by atoms with Crippen LogP contribution in [0.4, 0.5) is 0 Å². The summed E-state index contributed by atoms with van der Waals surface area (Å²) >= 11 is 0. The van der Waals surface area contributed by atoms with Crippen LogP contribution in [0.15, 0.2) is 12.3 Å². The van der Waals surface area contributed by atoms with E-state index in [-0.39, 0.29) is 0 Å². The molecule has 74 valence electrons. The van der Waals surface area contributed by atoms with E-state index in [9.17, 15) is 5.11 Å². The fourth-order valence-corrected chi connectivity index (χ4v) is 1.78. The van der Waals surface area contributed by atoms with E-state index < -0.39 is 0 Å². The molecule has 0 bridgehead atoms. The first-order valence-corrected chi connectivity index (χ1v) is 4.78. The van der Waals surface area contributed by atoms with Crippen molar-refractivity contribution in [3.8, 4) is 5.75 Å². The number of hydrogen-bond acceptors (Lipinski definition) is 2. The fraction of sp³-hybridized carbons (Fsp3) is 0.364. The zero-order valence-corrected chi connectivity index (χ0v) is 8.70. The zero-order valence-electron chi connectivity index (χ0n) is 8.70. The average molecular weight is 190 g/mol. The summed E-state index contributed by atoms with van der Waals surface area (Å²) in [5.74, 6) is 0.388. The van der Waals surface area contributed by atoms with Crippen molar-refractivity contribution in [2.45, 2.75) is 20.3 Å². The Morgan fingerprint density at radius 3 is 2.86 bits per heavy atom. The van der Waals surface area contributed by atoms with E-state index in [4.69, 9.17) is 0 Å². The quantitative estimate of drug-likeness (QED) is 0.748. The summed E-state index contributed by atoms with van der Waals surface area (Å²) in [7, 11) is 1.89. The molecule has 3 heteroatoms. The SMILES string of the molecule is CCc1cc2cn(C)nc2c(C)c1O. The molecule has 0 radical (unpaired) electrons. The van der Waals surface area contributed by atoms with Crippen LogP contribution in [-0.4, -0.2) is 14.9 Å². The maximum Gasteiger partial charge on any atom is 0.123 e. The van der Waals surface area contributed by atoms with Gasteiger partial charge in [0.25, 0.3) is 0 Å². The van der Waals surface area contributed by atoms with Crippen molar-refractivity contribution in [3.63, 3.8) is 0 Å². The number of phenolic OH excluding ortho intramolecular Hbond substituents is 1. The highest BCUT2D eigenvalue weighted by molar-refractivity contribution is 5.84. The van der Waals surface area contributed by atoms with Gasteiger partial charge in [-0.15, -0.1) is 0 Å². The lowest BCUT2D eigenvalue weighted by molar-refractivity contribution is 0.465. The Bertz CT molecular complexity index is 485. The van der Waals surface area contributed by atoms with Crippen molar-refractivity contribution in [1.29, 1.82) is 0 Å². The van der Waals surface area contributed by atoms with Crippen LogP contribution in [0, 0.1) is 6.92 Å². The molecule has 0 amide bonds. The molecule has 14 heavy (non-hydrogen) atoms. The Morgan fingerprint density at radius 1 is 1.50 bits per heavy atom. The standard InChI is InChI=1S/C11H14N2O/c1-4-8-5-9-6-13(3)12-10(9)7(2)11(8)14/h5-6,14H,4H2,1-3H3. The molecule has 3 nitrogen and oxygen atoms in total. The number of nitrogens with zero attached hydrogens (tertiary/aromatic N) is 2. The van der Waals surface area contributed by atoms with E-state index in [0.717, 1.165) is 28.5 Å². The topological polar surface area (TPSA) is 38.0 Å². The molecule has 2 aromatic rings. The molecule has 0 atom stereocenters. The summed E-state index contributed by atoms with van der Waals surface area (Å²) in [4.78, 5) is 0. The zero-order chi connectivity index (χ0) is 10.3. The van der Waals surface area contributed by atoms with E-state index in [2.05, 4.69) is 5.10 Å². The van der Waals surface area contributed by atoms with Gasteiger partial charge in [-0.25, -0.2) is 0 Å². The lowest BCUT2D eigenvalue weighted by Crippen LogP contribution is -1.88. The van der Waals surface area contributed by atoms with Gasteiger partial charge in [0.15, 0.2) is 0 Å². The Kier molecular flexibility index (Phi) is 1.95. The van der Waals surface area contributed by atoms with Gasteiger partial charge in [-0.05, 0) is 25.0 Å². The lowest BCUT2D eigenvalue weighted by atomic mass is 10.0. The largest absolute Gasteiger partial charge is 0.507 e. The average Bonchev–Trinajstić information content (AvgIpc) is 2.52. The molecular weight excluding hydrogens is 176 g/mol. The van der Waals surface area contributed by atoms with Crippen LogP contribution in [-0.2, 0) is 13.5 Å². The summed E-state index contributed by atoms with van der Waals surface area (Å²) in [6.07, 6.45) is 2.82. The van der Waals surface area contributed by atoms with E-state index in [1.807, 2.05) is 33.2 Å². The third-order valence-corrected chi connectivity index (χ3v) is 2.58.